The van der Waals surface area contributed by atoms with Crippen LogP contribution in [0.5, 0.6) is 0 Å². The van der Waals surface area contributed by atoms with Gasteiger partial charge < -0.3 is 10.1 Å². The van der Waals surface area contributed by atoms with Crippen molar-refractivity contribution in [1.29, 1.82) is 0 Å². The van der Waals surface area contributed by atoms with Gasteiger partial charge in [-0.3, -0.25) is 4.90 Å². The van der Waals surface area contributed by atoms with Crippen molar-refractivity contribution >= 4 is 0 Å². The summed E-state index contributed by atoms with van der Waals surface area (Å²) in [5, 5.41) is 3.67. The average molecular weight is 256 g/mol. The van der Waals surface area contributed by atoms with Crippen LogP contribution in [0, 0.1) is 5.92 Å². The van der Waals surface area contributed by atoms with Crippen LogP contribution >= 0.6 is 0 Å². The minimum absolute atomic E-state index is 0.0441. The van der Waals surface area contributed by atoms with Crippen molar-refractivity contribution in [2.45, 2.75) is 65.6 Å². The fourth-order valence-electron chi connectivity index (χ4n) is 2.94. The van der Waals surface area contributed by atoms with Crippen LogP contribution in [-0.2, 0) is 4.74 Å². The molecule has 0 aliphatic carbocycles. The molecule has 0 bridgehead atoms. The second-order valence-electron chi connectivity index (χ2n) is 6.45. The maximum absolute atomic E-state index is 5.87. The van der Waals surface area contributed by atoms with E-state index >= 15 is 0 Å². The number of piperazine rings is 1. The van der Waals surface area contributed by atoms with E-state index in [0.29, 0.717) is 18.0 Å². The van der Waals surface area contributed by atoms with E-state index in [1.54, 1.807) is 0 Å². The van der Waals surface area contributed by atoms with Crippen LogP contribution in [0.25, 0.3) is 0 Å². The molecule has 0 amide bonds. The van der Waals surface area contributed by atoms with E-state index in [4.69, 9.17) is 4.74 Å². The van der Waals surface area contributed by atoms with E-state index in [1.165, 1.54) is 6.42 Å². The molecule has 3 heteroatoms. The molecule has 0 spiro atoms. The second-order valence-corrected chi connectivity index (χ2v) is 6.45. The summed E-state index contributed by atoms with van der Waals surface area (Å²) >= 11 is 0. The summed E-state index contributed by atoms with van der Waals surface area (Å²) in [7, 11) is 0. The Bertz CT molecular complexity index is 241. The molecule has 108 valence electrons. The van der Waals surface area contributed by atoms with Crippen molar-refractivity contribution in [2.24, 2.45) is 5.92 Å². The second kappa shape index (κ2) is 6.88. The highest BCUT2D eigenvalue weighted by Gasteiger charge is 2.33. The molecule has 1 fully saturated rings. The van der Waals surface area contributed by atoms with Gasteiger partial charge in [0.25, 0.3) is 0 Å². The Kier molecular flexibility index (Phi) is 6.09. The summed E-state index contributed by atoms with van der Waals surface area (Å²) < 4.78 is 5.87. The van der Waals surface area contributed by atoms with Gasteiger partial charge in [-0.25, -0.2) is 0 Å². The van der Waals surface area contributed by atoms with Crippen LogP contribution in [0.4, 0.5) is 0 Å². The maximum atomic E-state index is 5.87. The highest BCUT2D eigenvalue weighted by Crippen LogP contribution is 2.21. The van der Waals surface area contributed by atoms with E-state index in [1.807, 2.05) is 0 Å². The van der Waals surface area contributed by atoms with Crippen LogP contribution in [0.1, 0.15) is 48.0 Å². The summed E-state index contributed by atoms with van der Waals surface area (Å²) in [6.45, 7) is 17.5. The van der Waals surface area contributed by atoms with Gasteiger partial charge in [0.15, 0.2) is 0 Å². The third-order valence-corrected chi connectivity index (χ3v) is 3.92. The van der Waals surface area contributed by atoms with Gasteiger partial charge in [0.1, 0.15) is 0 Å². The first-order chi connectivity index (χ1) is 8.39. The van der Waals surface area contributed by atoms with Crippen molar-refractivity contribution in [3.05, 3.63) is 0 Å². The summed E-state index contributed by atoms with van der Waals surface area (Å²) in [6.07, 6.45) is 1.20. The Morgan fingerprint density at radius 1 is 1.33 bits per heavy atom. The number of nitrogens with one attached hydrogen (secondary N) is 1. The monoisotopic (exact) mass is 256 g/mol. The van der Waals surface area contributed by atoms with Gasteiger partial charge in [-0.2, -0.15) is 0 Å². The zero-order valence-electron chi connectivity index (χ0n) is 13.1. The Morgan fingerprint density at radius 3 is 2.50 bits per heavy atom. The molecule has 0 aromatic heterocycles. The normalized spacial score (nSPS) is 26.8. The van der Waals surface area contributed by atoms with Gasteiger partial charge in [-0.1, -0.05) is 20.8 Å². The Balaban J connectivity index is 2.66. The van der Waals surface area contributed by atoms with Gasteiger partial charge in [0, 0.05) is 38.3 Å². The first-order valence-electron chi connectivity index (χ1n) is 7.51. The van der Waals surface area contributed by atoms with Gasteiger partial charge in [0.2, 0.25) is 0 Å². The van der Waals surface area contributed by atoms with Crippen molar-refractivity contribution in [3.8, 4) is 0 Å². The maximum Gasteiger partial charge on any atom is 0.0752 e. The smallest absolute Gasteiger partial charge is 0.0752 e. The molecule has 18 heavy (non-hydrogen) atoms. The molecule has 1 N–H and O–H groups in total. The number of nitrogens with zero attached hydrogens (tertiary/aromatic N) is 1. The standard InChI is InChI=1S/C15H32N2O/c1-7-13-10-17(11-15(5,6)18-8-2)14(9-16-13)12(3)4/h12-14,16H,7-11H2,1-6H3. The van der Waals surface area contributed by atoms with Crippen molar-refractivity contribution in [2.75, 3.05) is 26.2 Å². The van der Waals surface area contributed by atoms with Crippen molar-refractivity contribution < 1.29 is 4.74 Å². The van der Waals surface area contributed by atoms with Gasteiger partial charge in [0.05, 0.1) is 5.60 Å². The summed E-state index contributed by atoms with van der Waals surface area (Å²) in [4.78, 5) is 2.63. The minimum atomic E-state index is -0.0441. The van der Waals surface area contributed by atoms with E-state index in [-0.39, 0.29) is 5.60 Å². The fourth-order valence-corrected chi connectivity index (χ4v) is 2.94. The van der Waals surface area contributed by atoms with Crippen LogP contribution in [0.15, 0.2) is 0 Å². The van der Waals surface area contributed by atoms with Gasteiger partial charge in [-0.05, 0) is 33.1 Å². The Labute approximate surface area is 113 Å². The Morgan fingerprint density at radius 2 is 2.00 bits per heavy atom. The lowest BCUT2D eigenvalue weighted by Gasteiger charge is -2.45. The zero-order chi connectivity index (χ0) is 13.8. The summed E-state index contributed by atoms with van der Waals surface area (Å²) in [5.74, 6) is 0.688. The van der Waals surface area contributed by atoms with Crippen molar-refractivity contribution in [1.82, 2.24) is 10.2 Å². The Hall–Kier alpha value is -0.120. The molecule has 1 aliphatic rings. The van der Waals surface area contributed by atoms with Crippen LogP contribution in [-0.4, -0.2) is 48.8 Å². The molecule has 0 radical (unpaired) electrons. The molecule has 1 heterocycles. The molecule has 0 saturated carbocycles. The number of rotatable bonds is 6. The number of hydrogen-bond acceptors (Lipinski definition) is 3. The highest BCUT2D eigenvalue weighted by molar-refractivity contribution is 4.90. The van der Waals surface area contributed by atoms with Gasteiger partial charge in [-0.15, -0.1) is 0 Å². The van der Waals surface area contributed by atoms with Crippen LogP contribution in [0.3, 0.4) is 0 Å². The van der Waals surface area contributed by atoms with Crippen LogP contribution in [0.2, 0.25) is 0 Å². The molecule has 2 atom stereocenters. The van der Waals surface area contributed by atoms with Gasteiger partial charge >= 0.3 is 0 Å². The minimum Gasteiger partial charge on any atom is -0.375 e. The SMILES string of the molecule is CCOC(C)(C)CN1CC(CC)NCC1C(C)C. The molecule has 3 nitrogen and oxygen atoms in total. The third-order valence-electron chi connectivity index (χ3n) is 3.92. The molecular weight excluding hydrogens is 224 g/mol. The van der Waals surface area contributed by atoms with E-state index < -0.39 is 0 Å². The molecule has 0 aromatic rings. The predicted molar refractivity (Wildman–Crippen MR) is 78.0 cm³/mol. The quantitative estimate of drug-likeness (QED) is 0.790. The zero-order valence-corrected chi connectivity index (χ0v) is 13.1. The molecule has 0 aromatic carbocycles. The third kappa shape index (κ3) is 4.52. The first kappa shape index (κ1) is 15.9. The van der Waals surface area contributed by atoms with E-state index in [2.05, 4.69) is 51.8 Å². The van der Waals surface area contributed by atoms with Crippen LogP contribution < -0.4 is 5.32 Å². The molecular formula is C15H32N2O. The molecule has 1 aliphatic heterocycles. The van der Waals surface area contributed by atoms with E-state index in [9.17, 15) is 0 Å². The molecule has 2 unspecified atom stereocenters. The lowest BCUT2D eigenvalue weighted by atomic mass is 9.95. The topological polar surface area (TPSA) is 24.5 Å². The lowest BCUT2D eigenvalue weighted by molar-refractivity contribution is -0.0537. The summed E-state index contributed by atoms with van der Waals surface area (Å²) in [5.41, 5.74) is -0.0441. The predicted octanol–water partition coefficient (Wildman–Crippen LogP) is 2.51. The lowest BCUT2D eigenvalue weighted by Crippen LogP contribution is -2.60. The fraction of sp³-hybridized carbons (Fsp3) is 1.00. The highest BCUT2D eigenvalue weighted by atomic mass is 16.5. The van der Waals surface area contributed by atoms with Crippen molar-refractivity contribution in [3.63, 3.8) is 0 Å². The first-order valence-corrected chi connectivity index (χ1v) is 7.51. The molecule has 1 saturated heterocycles. The summed E-state index contributed by atoms with van der Waals surface area (Å²) in [6, 6.07) is 1.27. The number of hydrogen-bond donors (Lipinski definition) is 1. The van der Waals surface area contributed by atoms with E-state index in [0.717, 1.165) is 26.2 Å². The number of ether oxygens (including phenoxy) is 1. The largest absolute Gasteiger partial charge is 0.375 e. The average Bonchev–Trinajstić information content (AvgIpc) is 2.27. The molecule has 1 rings (SSSR count).